The first kappa shape index (κ1) is 15.8. The largest absolute Gasteiger partial charge is 0.478 e. The van der Waals surface area contributed by atoms with Gasteiger partial charge in [0.1, 0.15) is 17.5 Å². The molecule has 3 aromatic heterocycles. The van der Waals surface area contributed by atoms with Crippen molar-refractivity contribution < 1.29 is 9.90 Å². The van der Waals surface area contributed by atoms with Gasteiger partial charge in [-0.3, -0.25) is 0 Å². The van der Waals surface area contributed by atoms with Gasteiger partial charge in [-0.25, -0.2) is 9.78 Å². The van der Waals surface area contributed by atoms with Crippen molar-refractivity contribution in [3.8, 4) is 27.9 Å². The molecular formula is C17H14N4O2S. The zero-order chi connectivity index (χ0) is 17.4. The number of nitriles is 1. The average Bonchev–Trinajstić information content (AvgIpc) is 3.14. The molecule has 0 aliphatic rings. The van der Waals surface area contributed by atoms with E-state index in [-0.39, 0.29) is 11.4 Å². The number of carboxylic acid groups (broad SMARTS) is 1. The highest BCUT2D eigenvalue weighted by Gasteiger charge is 2.21. The molecule has 120 valence electrons. The van der Waals surface area contributed by atoms with E-state index in [0.29, 0.717) is 33.8 Å². The van der Waals surface area contributed by atoms with Crippen molar-refractivity contribution in [3.05, 3.63) is 46.0 Å². The topological polar surface area (TPSA) is 116 Å². The van der Waals surface area contributed by atoms with E-state index in [1.54, 1.807) is 19.9 Å². The highest BCUT2D eigenvalue weighted by atomic mass is 32.1. The van der Waals surface area contributed by atoms with E-state index in [9.17, 15) is 15.2 Å². The Kier molecular flexibility index (Phi) is 3.83. The zero-order valence-electron chi connectivity index (χ0n) is 13.0. The molecule has 7 heteroatoms. The minimum absolute atomic E-state index is 0.127. The number of H-pyrrole nitrogens is 1. The summed E-state index contributed by atoms with van der Waals surface area (Å²) in [5, 5.41) is 20.6. The number of nitrogens with two attached hydrogens (primary N) is 1. The lowest BCUT2D eigenvalue weighted by molar-refractivity contribution is 0.0695. The summed E-state index contributed by atoms with van der Waals surface area (Å²) in [7, 11) is 0. The molecule has 3 rings (SSSR count). The first-order valence-corrected chi connectivity index (χ1v) is 7.99. The van der Waals surface area contributed by atoms with Crippen LogP contribution in [-0.2, 0) is 0 Å². The number of carboxylic acids is 1. The molecule has 6 nitrogen and oxygen atoms in total. The van der Waals surface area contributed by atoms with Crippen LogP contribution < -0.4 is 5.73 Å². The molecule has 0 radical (unpaired) electrons. The summed E-state index contributed by atoms with van der Waals surface area (Å²) in [6.07, 6.45) is 0. The Morgan fingerprint density at radius 3 is 2.75 bits per heavy atom. The smallest absolute Gasteiger partial charge is 0.337 e. The number of rotatable bonds is 3. The molecule has 0 fully saturated rings. The Labute approximate surface area is 142 Å². The van der Waals surface area contributed by atoms with E-state index in [2.05, 4.69) is 16.0 Å². The molecule has 0 aliphatic carbocycles. The van der Waals surface area contributed by atoms with Crippen LogP contribution in [0.3, 0.4) is 0 Å². The van der Waals surface area contributed by atoms with E-state index in [1.165, 1.54) is 11.3 Å². The Balaban J connectivity index is 2.26. The van der Waals surface area contributed by atoms with Gasteiger partial charge in [0.15, 0.2) is 0 Å². The number of carbonyl (C=O) groups is 1. The lowest BCUT2D eigenvalue weighted by Crippen LogP contribution is -2.01. The standard InChI is InChI=1S/C17H14N4O2S/c1-8-14(17(22)23)9(2)20-15(8)12-6-10(13-4-3-5-24-13)11(7-18)16(19)21-12/h3-6,20H,1-2H3,(H2,19,21)(H,22,23). The lowest BCUT2D eigenvalue weighted by atomic mass is 10.0. The third kappa shape index (κ3) is 2.43. The van der Waals surface area contributed by atoms with E-state index in [0.717, 1.165) is 4.88 Å². The highest BCUT2D eigenvalue weighted by Crippen LogP contribution is 2.35. The number of anilines is 1. The summed E-state index contributed by atoms with van der Waals surface area (Å²) in [6.45, 7) is 3.43. The van der Waals surface area contributed by atoms with Crippen molar-refractivity contribution in [1.82, 2.24) is 9.97 Å². The summed E-state index contributed by atoms with van der Waals surface area (Å²) >= 11 is 1.50. The Morgan fingerprint density at radius 2 is 2.21 bits per heavy atom. The molecule has 0 saturated carbocycles. The van der Waals surface area contributed by atoms with Gasteiger partial charge < -0.3 is 15.8 Å². The van der Waals surface area contributed by atoms with Crippen molar-refractivity contribution in [3.63, 3.8) is 0 Å². The average molecular weight is 338 g/mol. The van der Waals surface area contributed by atoms with Gasteiger partial charge in [-0.15, -0.1) is 11.3 Å². The molecule has 4 N–H and O–H groups in total. The van der Waals surface area contributed by atoms with E-state index < -0.39 is 5.97 Å². The molecule has 3 aromatic rings. The predicted molar refractivity (Wildman–Crippen MR) is 92.9 cm³/mol. The molecule has 0 spiro atoms. The summed E-state index contributed by atoms with van der Waals surface area (Å²) < 4.78 is 0. The van der Waals surface area contributed by atoms with E-state index in [4.69, 9.17) is 5.73 Å². The van der Waals surface area contributed by atoms with Crippen LogP contribution in [0.4, 0.5) is 5.82 Å². The van der Waals surface area contributed by atoms with Crippen LogP contribution >= 0.6 is 11.3 Å². The number of nitrogens with zero attached hydrogens (tertiary/aromatic N) is 2. The second-order valence-corrected chi connectivity index (χ2v) is 6.28. The fourth-order valence-electron chi connectivity index (χ4n) is 2.76. The molecule has 3 heterocycles. The zero-order valence-corrected chi connectivity index (χ0v) is 13.9. The number of hydrogen-bond acceptors (Lipinski definition) is 5. The summed E-state index contributed by atoms with van der Waals surface area (Å²) in [5.74, 6) is -0.866. The maximum Gasteiger partial charge on any atom is 0.337 e. The van der Waals surface area contributed by atoms with Crippen molar-refractivity contribution in [2.45, 2.75) is 13.8 Å². The van der Waals surface area contributed by atoms with Gasteiger partial charge in [0, 0.05) is 16.1 Å². The van der Waals surface area contributed by atoms with Gasteiger partial charge >= 0.3 is 5.97 Å². The SMILES string of the molecule is Cc1[nH]c(-c2cc(-c3cccs3)c(C#N)c(N)n2)c(C)c1C(=O)O. The van der Waals surface area contributed by atoms with Crippen LogP contribution in [0.5, 0.6) is 0 Å². The fraction of sp³-hybridized carbons (Fsp3) is 0.118. The maximum absolute atomic E-state index is 11.4. The van der Waals surface area contributed by atoms with E-state index in [1.807, 2.05) is 17.5 Å². The molecule has 0 saturated heterocycles. The number of pyridine rings is 1. The first-order valence-electron chi connectivity index (χ1n) is 7.11. The third-order valence-electron chi connectivity index (χ3n) is 3.85. The van der Waals surface area contributed by atoms with Crippen LogP contribution in [-0.4, -0.2) is 21.0 Å². The monoisotopic (exact) mass is 338 g/mol. The first-order chi connectivity index (χ1) is 11.4. The van der Waals surface area contributed by atoms with Crippen molar-refractivity contribution in [2.24, 2.45) is 0 Å². The molecule has 0 aliphatic heterocycles. The molecular weight excluding hydrogens is 324 g/mol. The number of hydrogen-bond donors (Lipinski definition) is 3. The maximum atomic E-state index is 11.4. The van der Waals surface area contributed by atoms with Gasteiger partial charge in [0.05, 0.1) is 17.0 Å². The van der Waals surface area contributed by atoms with Crippen LogP contribution in [0.25, 0.3) is 21.8 Å². The normalized spacial score (nSPS) is 10.5. The lowest BCUT2D eigenvalue weighted by Gasteiger charge is -2.08. The Bertz CT molecular complexity index is 981. The third-order valence-corrected chi connectivity index (χ3v) is 4.76. The molecule has 0 aromatic carbocycles. The van der Waals surface area contributed by atoms with Crippen LogP contribution in [0, 0.1) is 25.2 Å². The summed E-state index contributed by atoms with van der Waals surface area (Å²) in [5.41, 5.74) is 9.47. The number of nitrogens with one attached hydrogen (secondary N) is 1. The Morgan fingerprint density at radius 1 is 1.46 bits per heavy atom. The number of nitrogen functional groups attached to an aromatic ring is 1. The number of aromatic amines is 1. The number of aryl methyl sites for hydroxylation is 1. The molecule has 0 amide bonds. The van der Waals surface area contributed by atoms with E-state index >= 15 is 0 Å². The van der Waals surface area contributed by atoms with Crippen molar-refractivity contribution in [1.29, 1.82) is 5.26 Å². The second-order valence-electron chi connectivity index (χ2n) is 5.33. The fourth-order valence-corrected chi connectivity index (χ4v) is 3.51. The molecule has 0 atom stereocenters. The molecule has 0 bridgehead atoms. The van der Waals surface area contributed by atoms with Gasteiger partial charge in [0.2, 0.25) is 0 Å². The quantitative estimate of drug-likeness (QED) is 0.675. The highest BCUT2D eigenvalue weighted by molar-refractivity contribution is 7.13. The number of thiophene rings is 1. The van der Waals surface area contributed by atoms with Gasteiger partial charge in [0.25, 0.3) is 0 Å². The minimum atomic E-state index is -0.993. The summed E-state index contributed by atoms with van der Waals surface area (Å²) in [4.78, 5) is 19.7. The number of aromatic carboxylic acids is 1. The predicted octanol–water partition coefficient (Wildman–Crippen LogP) is 3.57. The van der Waals surface area contributed by atoms with Crippen LogP contribution in [0.1, 0.15) is 27.2 Å². The molecule has 0 unspecified atom stereocenters. The number of aromatic nitrogens is 2. The Hall–Kier alpha value is -3.11. The minimum Gasteiger partial charge on any atom is -0.478 e. The van der Waals surface area contributed by atoms with Gasteiger partial charge in [-0.2, -0.15) is 5.26 Å². The molecule has 24 heavy (non-hydrogen) atoms. The second kappa shape index (κ2) is 5.83. The van der Waals surface area contributed by atoms with Crippen molar-refractivity contribution in [2.75, 3.05) is 5.73 Å². The van der Waals surface area contributed by atoms with Crippen LogP contribution in [0.2, 0.25) is 0 Å². The van der Waals surface area contributed by atoms with Crippen molar-refractivity contribution >= 4 is 23.1 Å². The summed E-state index contributed by atoms with van der Waals surface area (Å²) in [6, 6.07) is 7.66. The van der Waals surface area contributed by atoms with Gasteiger partial charge in [-0.1, -0.05) is 6.07 Å². The van der Waals surface area contributed by atoms with Gasteiger partial charge in [-0.05, 0) is 36.9 Å². The van der Waals surface area contributed by atoms with Crippen LogP contribution in [0.15, 0.2) is 23.6 Å².